The van der Waals surface area contributed by atoms with E-state index in [0.717, 1.165) is 16.9 Å². The van der Waals surface area contributed by atoms with E-state index in [4.69, 9.17) is 16.3 Å². The summed E-state index contributed by atoms with van der Waals surface area (Å²) in [5.74, 6) is 1.61. The van der Waals surface area contributed by atoms with Crippen molar-refractivity contribution in [2.24, 2.45) is 5.10 Å². The van der Waals surface area contributed by atoms with Crippen LogP contribution in [0.5, 0.6) is 5.75 Å². The molecule has 0 fully saturated rings. The molecule has 0 saturated heterocycles. The van der Waals surface area contributed by atoms with Crippen LogP contribution in [0.4, 0.5) is 0 Å². The Kier molecular flexibility index (Phi) is 8.09. The first-order chi connectivity index (χ1) is 12.2. The average molecular weight is 375 g/mol. The molecule has 1 amide bonds. The molecule has 1 N–H and O–H groups in total. The molecular weight excluding hydrogens is 356 g/mol. The zero-order valence-corrected chi connectivity index (χ0v) is 15.2. The summed E-state index contributed by atoms with van der Waals surface area (Å²) in [7, 11) is 0. The van der Waals surface area contributed by atoms with E-state index in [1.54, 1.807) is 12.3 Å². The van der Waals surface area contributed by atoms with Gasteiger partial charge in [0, 0.05) is 10.8 Å². The number of nitrogens with one attached hydrogen (secondary N) is 1. The fraction of sp³-hybridized carbons (Fsp3) is 0.158. The van der Waals surface area contributed by atoms with Crippen LogP contribution in [-0.4, -0.2) is 24.5 Å². The van der Waals surface area contributed by atoms with Crippen LogP contribution in [0.15, 0.2) is 66.3 Å². The Labute approximate surface area is 156 Å². The molecule has 130 valence electrons. The molecule has 25 heavy (non-hydrogen) atoms. The van der Waals surface area contributed by atoms with Crippen molar-refractivity contribution in [1.82, 2.24) is 5.43 Å². The lowest BCUT2D eigenvalue weighted by Crippen LogP contribution is -2.19. The molecule has 0 aromatic heterocycles. The van der Waals surface area contributed by atoms with Crippen LogP contribution in [0, 0.1) is 0 Å². The first-order valence-corrected chi connectivity index (χ1v) is 9.19. The van der Waals surface area contributed by atoms with Crippen molar-refractivity contribution in [3.63, 3.8) is 0 Å². The molecule has 0 saturated carbocycles. The summed E-state index contributed by atoms with van der Waals surface area (Å²) in [5.41, 5.74) is 4.40. The van der Waals surface area contributed by atoms with Crippen LogP contribution < -0.4 is 10.2 Å². The highest BCUT2D eigenvalue weighted by Gasteiger charge is 2.03. The molecule has 2 aromatic carbocycles. The lowest BCUT2D eigenvalue weighted by Gasteiger charge is -2.04. The zero-order valence-electron chi connectivity index (χ0n) is 13.7. The van der Waals surface area contributed by atoms with Crippen LogP contribution in [0.3, 0.4) is 0 Å². The van der Waals surface area contributed by atoms with Gasteiger partial charge in [0.25, 0.3) is 0 Å². The predicted molar refractivity (Wildman–Crippen MR) is 105 cm³/mol. The molecule has 4 nitrogen and oxygen atoms in total. The van der Waals surface area contributed by atoms with Gasteiger partial charge in [0.15, 0.2) is 0 Å². The number of hydrogen-bond acceptors (Lipinski definition) is 4. The van der Waals surface area contributed by atoms with Gasteiger partial charge in [-0.05, 0) is 41.5 Å². The Hall–Kier alpha value is -2.24. The van der Waals surface area contributed by atoms with Gasteiger partial charge < -0.3 is 4.74 Å². The van der Waals surface area contributed by atoms with Gasteiger partial charge in [0.05, 0.1) is 12.0 Å². The van der Waals surface area contributed by atoms with Crippen LogP contribution in [0.1, 0.15) is 11.1 Å². The van der Waals surface area contributed by atoms with Gasteiger partial charge in [0.1, 0.15) is 12.4 Å². The summed E-state index contributed by atoms with van der Waals surface area (Å²) < 4.78 is 5.40. The zero-order chi connectivity index (χ0) is 17.9. The highest BCUT2D eigenvalue weighted by atomic mass is 35.5. The largest absolute Gasteiger partial charge is 0.490 e. The third-order valence-corrected chi connectivity index (χ3v) is 4.45. The van der Waals surface area contributed by atoms with E-state index in [1.165, 1.54) is 11.8 Å². The van der Waals surface area contributed by atoms with Crippen LogP contribution in [0.25, 0.3) is 0 Å². The van der Waals surface area contributed by atoms with E-state index in [9.17, 15) is 4.79 Å². The van der Waals surface area contributed by atoms with Gasteiger partial charge >= 0.3 is 0 Å². The molecule has 2 aromatic rings. The van der Waals surface area contributed by atoms with E-state index >= 15 is 0 Å². The Morgan fingerprint density at radius 1 is 1.24 bits per heavy atom. The van der Waals surface area contributed by atoms with Crippen molar-refractivity contribution in [1.29, 1.82) is 0 Å². The van der Waals surface area contributed by atoms with Crippen molar-refractivity contribution in [3.05, 3.63) is 77.3 Å². The summed E-state index contributed by atoms with van der Waals surface area (Å²) in [6, 6.07) is 15.0. The highest BCUT2D eigenvalue weighted by molar-refractivity contribution is 7.99. The number of thioether (sulfide) groups is 1. The summed E-state index contributed by atoms with van der Waals surface area (Å²) in [6.45, 7) is 4.07. The summed E-state index contributed by atoms with van der Waals surface area (Å²) >= 11 is 7.57. The van der Waals surface area contributed by atoms with E-state index in [0.29, 0.717) is 23.1 Å². The van der Waals surface area contributed by atoms with Crippen LogP contribution in [0.2, 0.25) is 5.02 Å². The number of ether oxygens (including phenoxy) is 1. The molecule has 0 atom stereocenters. The van der Waals surface area contributed by atoms with Crippen molar-refractivity contribution < 1.29 is 9.53 Å². The topological polar surface area (TPSA) is 50.7 Å². The predicted octanol–water partition coefficient (Wildman–Crippen LogP) is 4.29. The first kappa shape index (κ1) is 19.1. The number of carbonyl (C=O) groups excluding carboxylic acids is 1. The standard InChI is InChI=1S/C19H19ClN2O2S/c1-2-11-24-17-9-7-15(8-10-17)12-21-22-19(23)14-25-13-16-5-3-4-6-18(16)20/h2-10,12H,1,11,13-14H2,(H,22,23)/b21-12+. The molecule has 0 aliphatic heterocycles. The number of carbonyl (C=O) groups is 1. The minimum Gasteiger partial charge on any atom is -0.490 e. The van der Waals surface area contributed by atoms with E-state index in [2.05, 4.69) is 17.1 Å². The van der Waals surface area contributed by atoms with Gasteiger partial charge in [0.2, 0.25) is 5.91 Å². The third-order valence-electron chi connectivity index (χ3n) is 3.10. The molecule has 2 rings (SSSR count). The maximum atomic E-state index is 11.8. The van der Waals surface area contributed by atoms with Gasteiger partial charge in [-0.1, -0.05) is 42.5 Å². The van der Waals surface area contributed by atoms with E-state index in [1.807, 2.05) is 48.5 Å². The highest BCUT2D eigenvalue weighted by Crippen LogP contribution is 2.20. The molecule has 6 heteroatoms. The van der Waals surface area contributed by atoms with Crippen molar-refractivity contribution >= 4 is 35.5 Å². The molecular formula is C19H19ClN2O2S. The quantitative estimate of drug-likeness (QED) is 0.404. The number of halogens is 1. The molecule has 0 bridgehead atoms. The molecule has 0 radical (unpaired) electrons. The SMILES string of the molecule is C=CCOc1ccc(/C=N/NC(=O)CSCc2ccccc2Cl)cc1. The number of hydrogen-bond donors (Lipinski definition) is 1. The van der Waals surface area contributed by atoms with Crippen LogP contribution in [-0.2, 0) is 10.5 Å². The maximum absolute atomic E-state index is 11.8. The van der Waals surface area contributed by atoms with Crippen molar-refractivity contribution in [3.8, 4) is 5.75 Å². The second kappa shape index (κ2) is 10.6. The Bertz CT molecular complexity index is 732. The summed E-state index contributed by atoms with van der Waals surface area (Å²) in [4.78, 5) is 11.8. The average Bonchev–Trinajstić information content (AvgIpc) is 2.63. The normalized spacial score (nSPS) is 10.6. The molecule has 0 aliphatic rings. The van der Waals surface area contributed by atoms with Crippen LogP contribution >= 0.6 is 23.4 Å². The number of hydrazone groups is 1. The lowest BCUT2D eigenvalue weighted by molar-refractivity contribution is -0.118. The Morgan fingerprint density at radius 2 is 2.00 bits per heavy atom. The second-order valence-corrected chi connectivity index (χ2v) is 6.44. The maximum Gasteiger partial charge on any atom is 0.250 e. The minimum absolute atomic E-state index is 0.153. The number of amides is 1. The second-order valence-electron chi connectivity index (χ2n) is 5.05. The lowest BCUT2D eigenvalue weighted by atomic mass is 10.2. The van der Waals surface area contributed by atoms with Gasteiger partial charge in [-0.2, -0.15) is 5.10 Å². The van der Waals surface area contributed by atoms with Crippen molar-refractivity contribution in [2.75, 3.05) is 12.4 Å². The monoisotopic (exact) mass is 374 g/mol. The smallest absolute Gasteiger partial charge is 0.250 e. The fourth-order valence-electron chi connectivity index (χ4n) is 1.89. The Balaban J connectivity index is 1.71. The Morgan fingerprint density at radius 3 is 2.72 bits per heavy atom. The summed E-state index contributed by atoms with van der Waals surface area (Å²) in [5, 5.41) is 4.67. The number of nitrogens with zero attached hydrogens (tertiary/aromatic N) is 1. The number of benzene rings is 2. The van der Waals surface area contributed by atoms with Gasteiger partial charge in [-0.3, -0.25) is 4.79 Å². The summed E-state index contributed by atoms with van der Waals surface area (Å²) in [6.07, 6.45) is 3.28. The van der Waals surface area contributed by atoms with E-state index in [-0.39, 0.29) is 5.91 Å². The van der Waals surface area contributed by atoms with E-state index < -0.39 is 0 Å². The molecule has 0 spiro atoms. The van der Waals surface area contributed by atoms with Gasteiger partial charge in [-0.15, -0.1) is 11.8 Å². The molecule has 0 aliphatic carbocycles. The minimum atomic E-state index is -0.153. The molecule has 0 unspecified atom stereocenters. The third kappa shape index (κ3) is 7.03. The molecule has 0 heterocycles. The number of rotatable bonds is 9. The van der Waals surface area contributed by atoms with Crippen molar-refractivity contribution in [2.45, 2.75) is 5.75 Å². The first-order valence-electron chi connectivity index (χ1n) is 7.66. The van der Waals surface area contributed by atoms with Gasteiger partial charge in [-0.25, -0.2) is 5.43 Å². The fourth-order valence-corrected chi connectivity index (χ4v) is 2.99.